The molecule has 120 valence electrons. The van der Waals surface area contributed by atoms with E-state index in [1.54, 1.807) is 22.9 Å². The third-order valence-electron chi connectivity index (χ3n) is 3.30. The van der Waals surface area contributed by atoms with E-state index in [0.717, 1.165) is 0 Å². The highest BCUT2D eigenvalue weighted by Gasteiger charge is 2.42. The van der Waals surface area contributed by atoms with E-state index >= 15 is 0 Å². The average molecular weight is 338 g/mol. The van der Waals surface area contributed by atoms with Crippen molar-refractivity contribution in [1.82, 2.24) is 5.32 Å². The van der Waals surface area contributed by atoms with Crippen LogP contribution in [0.15, 0.2) is 47.2 Å². The van der Waals surface area contributed by atoms with Crippen molar-refractivity contribution >= 4 is 17.2 Å². The Morgan fingerprint density at radius 3 is 2.43 bits per heavy atom. The summed E-state index contributed by atoms with van der Waals surface area (Å²) in [5.41, 5.74) is 0.591. The highest BCUT2D eigenvalue weighted by Crippen LogP contribution is 2.37. The first-order valence-electron chi connectivity index (χ1n) is 6.74. The van der Waals surface area contributed by atoms with E-state index in [1.165, 1.54) is 35.6 Å². The second kappa shape index (κ2) is 7.29. The summed E-state index contributed by atoms with van der Waals surface area (Å²) in [7, 11) is 0. The van der Waals surface area contributed by atoms with Gasteiger partial charge in [-0.25, -0.2) is 0 Å². The molecule has 0 radical (unpaired) electrons. The summed E-state index contributed by atoms with van der Waals surface area (Å²) in [4.78, 5) is 12.0. The number of nitriles is 1. The molecule has 1 aromatic carbocycles. The van der Waals surface area contributed by atoms with Crippen molar-refractivity contribution in [3.8, 4) is 6.07 Å². The fraction of sp³-hybridized carbons (Fsp3) is 0.250. The number of amides is 1. The number of rotatable bonds is 5. The van der Waals surface area contributed by atoms with E-state index in [2.05, 4.69) is 5.32 Å². The summed E-state index contributed by atoms with van der Waals surface area (Å²) in [6, 6.07) is 9.86. The van der Waals surface area contributed by atoms with Crippen LogP contribution in [0.4, 0.5) is 13.2 Å². The summed E-state index contributed by atoms with van der Waals surface area (Å²) >= 11 is 1.34. The number of nitrogens with zero attached hydrogens (tertiary/aromatic N) is 1. The largest absolute Gasteiger partial charge is 0.396 e. The number of alkyl halides is 3. The maximum Gasteiger partial charge on any atom is 0.396 e. The number of hydrogen-bond acceptors (Lipinski definition) is 3. The smallest absolute Gasteiger partial charge is 0.337 e. The summed E-state index contributed by atoms with van der Waals surface area (Å²) in [6.45, 7) is 0. The van der Waals surface area contributed by atoms with Crippen LogP contribution in [-0.4, -0.2) is 12.1 Å². The molecule has 0 aliphatic carbocycles. The van der Waals surface area contributed by atoms with E-state index < -0.39 is 30.5 Å². The molecule has 0 saturated heterocycles. The lowest BCUT2D eigenvalue weighted by Gasteiger charge is -2.21. The molecule has 2 aromatic rings. The summed E-state index contributed by atoms with van der Waals surface area (Å²) in [6.07, 6.45) is -5.29. The standard InChI is InChI=1S/C16H13F3N2OS/c17-16(18,19)13(11-4-2-1-3-5-11)8-15(22)21-14(9-20)12-6-7-23-10-12/h1-7,10,13-14H,8H2,(H,21,22). The molecule has 1 heterocycles. The van der Waals surface area contributed by atoms with Crippen LogP contribution in [0.2, 0.25) is 0 Å². The molecule has 0 fully saturated rings. The van der Waals surface area contributed by atoms with Gasteiger partial charge in [-0.3, -0.25) is 4.79 Å². The maximum absolute atomic E-state index is 13.2. The van der Waals surface area contributed by atoms with Gasteiger partial charge >= 0.3 is 6.18 Å². The minimum atomic E-state index is -4.54. The van der Waals surface area contributed by atoms with Crippen LogP contribution in [-0.2, 0) is 4.79 Å². The number of benzene rings is 1. The molecule has 3 nitrogen and oxygen atoms in total. The topological polar surface area (TPSA) is 52.9 Å². The van der Waals surface area contributed by atoms with E-state index in [4.69, 9.17) is 5.26 Å². The van der Waals surface area contributed by atoms with Gasteiger partial charge in [-0.1, -0.05) is 30.3 Å². The van der Waals surface area contributed by atoms with Crippen LogP contribution in [0.3, 0.4) is 0 Å². The lowest BCUT2D eigenvalue weighted by molar-refractivity contribution is -0.157. The fourth-order valence-electron chi connectivity index (χ4n) is 2.14. The van der Waals surface area contributed by atoms with Gasteiger partial charge in [0.1, 0.15) is 6.04 Å². The second-order valence-electron chi connectivity index (χ2n) is 4.90. The van der Waals surface area contributed by atoms with Gasteiger partial charge in [0.05, 0.1) is 12.0 Å². The van der Waals surface area contributed by atoms with Gasteiger partial charge in [0.25, 0.3) is 0 Å². The number of halogens is 3. The quantitative estimate of drug-likeness (QED) is 0.890. The van der Waals surface area contributed by atoms with E-state index in [-0.39, 0.29) is 5.56 Å². The molecule has 0 aliphatic rings. The van der Waals surface area contributed by atoms with E-state index in [1.807, 2.05) is 6.07 Å². The Hall–Kier alpha value is -2.33. The highest BCUT2D eigenvalue weighted by molar-refractivity contribution is 7.08. The molecule has 0 bridgehead atoms. The van der Waals surface area contributed by atoms with Crippen molar-refractivity contribution in [2.45, 2.75) is 24.6 Å². The Balaban J connectivity index is 2.11. The SMILES string of the molecule is N#CC(NC(=O)CC(c1ccccc1)C(F)(F)F)c1ccsc1. The van der Waals surface area contributed by atoms with Crippen LogP contribution in [0, 0.1) is 11.3 Å². The summed E-state index contributed by atoms with van der Waals surface area (Å²) in [5, 5.41) is 14.8. The first-order chi connectivity index (χ1) is 10.9. The van der Waals surface area contributed by atoms with Gasteiger partial charge in [-0.2, -0.15) is 29.8 Å². The first kappa shape index (κ1) is 17.0. The number of thiophene rings is 1. The predicted octanol–water partition coefficient (Wildman–Crippen LogP) is 4.17. The van der Waals surface area contributed by atoms with Gasteiger partial charge in [-0.05, 0) is 28.0 Å². The molecular weight excluding hydrogens is 325 g/mol. The molecule has 2 unspecified atom stereocenters. The molecular formula is C16H13F3N2OS. The van der Waals surface area contributed by atoms with Crippen molar-refractivity contribution in [3.05, 3.63) is 58.3 Å². The van der Waals surface area contributed by atoms with Crippen LogP contribution >= 0.6 is 11.3 Å². The van der Waals surface area contributed by atoms with Gasteiger partial charge in [0.2, 0.25) is 5.91 Å². The minimum Gasteiger partial charge on any atom is -0.337 e. The normalized spacial score (nSPS) is 13.8. The molecule has 23 heavy (non-hydrogen) atoms. The van der Waals surface area contributed by atoms with Gasteiger partial charge in [0, 0.05) is 6.42 Å². The zero-order chi connectivity index (χ0) is 16.9. The van der Waals surface area contributed by atoms with E-state index in [9.17, 15) is 18.0 Å². The number of hydrogen-bond donors (Lipinski definition) is 1. The Morgan fingerprint density at radius 1 is 1.22 bits per heavy atom. The van der Waals surface area contributed by atoms with Gasteiger partial charge in [-0.15, -0.1) is 0 Å². The van der Waals surface area contributed by atoms with Crippen LogP contribution in [0.25, 0.3) is 0 Å². The minimum absolute atomic E-state index is 0.0270. The van der Waals surface area contributed by atoms with Crippen LogP contribution in [0.1, 0.15) is 29.5 Å². The first-order valence-corrected chi connectivity index (χ1v) is 7.69. The zero-order valence-electron chi connectivity index (χ0n) is 11.9. The molecule has 7 heteroatoms. The number of carbonyl (C=O) groups is 1. The third-order valence-corrected chi connectivity index (χ3v) is 4.00. The Kier molecular flexibility index (Phi) is 5.40. The third kappa shape index (κ3) is 4.57. The molecule has 1 aromatic heterocycles. The molecule has 0 saturated carbocycles. The number of carbonyl (C=O) groups excluding carboxylic acids is 1. The van der Waals surface area contributed by atoms with Crippen molar-refractivity contribution < 1.29 is 18.0 Å². The van der Waals surface area contributed by atoms with Crippen molar-refractivity contribution in [2.24, 2.45) is 0 Å². The van der Waals surface area contributed by atoms with Crippen molar-refractivity contribution in [3.63, 3.8) is 0 Å². The molecule has 2 atom stereocenters. The lowest BCUT2D eigenvalue weighted by Crippen LogP contribution is -2.32. The maximum atomic E-state index is 13.2. The molecule has 1 amide bonds. The Morgan fingerprint density at radius 2 is 1.91 bits per heavy atom. The Bertz CT molecular complexity index is 678. The monoisotopic (exact) mass is 338 g/mol. The van der Waals surface area contributed by atoms with Crippen molar-refractivity contribution in [1.29, 1.82) is 5.26 Å². The highest BCUT2D eigenvalue weighted by atomic mass is 32.1. The molecule has 1 N–H and O–H groups in total. The van der Waals surface area contributed by atoms with Crippen molar-refractivity contribution in [2.75, 3.05) is 0 Å². The molecule has 2 rings (SSSR count). The second-order valence-corrected chi connectivity index (χ2v) is 5.68. The Labute approximate surface area is 135 Å². The van der Waals surface area contributed by atoms with E-state index in [0.29, 0.717) is 5.56 Å². The zero-order valence-corrected chi connectivity index (χ0v) is 12.7. The average Bonchev–Trinajstić information content (AvgIpc) is 3.04. The van der Waals surface area contributed by atoms with Gasteiger partial charge in [0.15, 0.2) is 0 Å². The summed E-state index contributed by atoms with van der Waals surface area (Å²) < 4.78 is 39.6. The molecule has 0 aliphatic heterocycles. The number of nitrogens with one attached hydrogen (secondary N) is 1. The molecule has 0 spiro atoms. The fourth-order valence-corrected chi connectivity index (χ4v) is 2.83. The van der Waals surface area contributed by atoms with Crippen LogP contribution < -0.4 is 5.32 Å². The van der Waals surface area contributed by atoms with Crippen LogP contribution in [0.5, 0.6) is 0 Å². The predicted molar refractivity (Wildman–Crippen MR) is 80.7 cm³/mol. The lowest BCUT2D eigenvalue weighted by atomic mass is 9.94. The summed E-state index contributed by atoms with van der Waals surface area (Å²) in [5.74, 6) is -2.71. The van der Waals surface area contributed by atoms with Gasteiger partial charge < -0.3 is 5.32 Å².